The summed E-state index contributed by atoms with van der Waals surface area (Å²) in [6.45, 7) is 4.08. The molecule has 0 saturated heterocycles. The van der Waals surface area contributed by atoms with E-state index in [0.717, 1.165) is 27.6 Å². The van der Waals surface area contributed by atoms with Gasteiger partial charge in [0.25, 0.3) is 0 Å². The Balaban J connectivity index is 2.08. The van der Waals surface area contributed by atoms with E-state index in [4.69, 9.17) is 0 Å². The third kappa shape index (κ3) is 3.92. The first-order chi connectivity index (χ1) is 9.08. The molecular formula is C17H23BrO. The molecule has 19 heavy (non-hydrogen) atoms. The standard InChI is InChI=1S/C17H23BrO/c1-12-10-16(18)13(2)9-15(12)17(19)11-14-7-5-3-4-6-8-14/h9-10,14H,3-8,11H2,1-2H3. The number of rotatable bonds is 3. The average molecular weight is 323 g/mol. The molecule has 0 aliphatic heterocycles. The summed E-state index contributed by atoms with van der Waals surface area (Å²) in [5.74, 6) is 0.943. The molecule has 0 radical (unpaired) electrons. The van der Waals surface area contributed by atoms with E-state index in [1.54, 1.807) is 0 Å². The Morgan fingerprint density at radius 3 is 2.37 bits per heavy atom. The molecule has 0 unspecified atom stereocenters. The summed E-state index contributed by atoms with van der Waals surface area (Å²) in [6.07, 6.45) is 8.51. The molecule has 1 aliphatic rings. The van der Waals surface area contributed by atoms with Gasteiger partial charge >= 0.3 is 0 Å². The number of carbonyl (C=O) groups is 1. The van der Waals surface area contributed by atoms with Crippen molar-refractivity contribution in [1.82, 2.24) is 0 Å². The van der Waals surface area contributed by atoms with Crippen LogP contribution >= 0.6 is 15.9 Å². The molecule has 104 valence electrons. The highest BCUT2D eigenvalue weighted by Gasteiger charge is 2.18. The number of carbonyl (C=O) groups excluding carboxylic acids is 1. The fraction of sp³-hybridized carbons (Fsp3) is 0.588. The van der Waals surface area contributed by atoms with Crippen LogP contribution in [0.5, 0.6) is 0 Å². The Labute approximate surface area is 124 Å². The van der Waals surface area contributed by atoms with Crippen molar-refractivity contribution >= 4 is 21.7 Å². The van der Waals surface area contributed by atoms with Crippen molar-refractivity contribution in [3.05, 3.63) is 33.3 Å². The number of halogens is 1. The predicted molar refractivity (Wildman–Crippen MR) is 83.8 cm³/mol. The van der Waals surface area contributed by atoms with Gasteiger partial charge in [0.1, 0.15) is 0 Å². The summed E-state index contributed by atoms with van der Waals surface area (Å²) in [7, 11) is 0. The number of ketones is 1. The van der Waals surface area contributed by atoms with Gasteiger partial charge < -0.3 is 0 Å². The van der Waals surface area contributed by atoms with Crippen molar-refractivity contribution in [2.45, 2.75) is 58.8 Å². The van der Waals surface area contributed by atoms with Crippen molar-refractivity contribution < 1.29 is 4.79 Å². The van der Waals surface area contributed by atoms with Gasteiger partial charge in [-0.25, -0.2) is 0 Å². The molecule has 1 saturated carbocycles. The summed E-state index contributed by atoms with van der Waals surface area (Å²) in [5.41, 5.74) is 3.16. The zero-order valence-electron chi connectivity index (χ0n) is 12.0. The van der Waals surface area contributed by atoms with E-state index in [1.165, 1.54) is 38.5 Å². The second-order valence-corrected chi connectivity index (χ2v) is 6.76. The van der Waals surface area contributed by atoms with Crippen LogP contribution in [0, 0.1) is 19.8 Å². The van der Waals surface area contributed by atoms with Crippen LogP contribution in [0.25, 0.3) is 0 Å². The lowest BCUT2D eigenvalue weighted by molar-refractivity contribution is 0.0956. The second kappa shape index (κ2) is 6.69. The smallest absolute Gasteiger partial charge is 0.163 e. The lowest BCUT2D eigenvalue weighted by Crippen LogP contribution is -2.10. The van der Waals surface area contributed by atoms with E-state index in [0.29, 0.717) is 11.7 Å². The minimum Gasteiger partial charge on any atom is -0.294 e. The SMILES string of the molecule is Cc1cc(C(=O)CC2CCCCCC2)c(C)cc1Br. The molecule has 0 spiro atoms. The first-order valence-electron chi connectivity index (χ1n) is 7.38. The molecule has 0 atom stereocenters. The van der Waals surface area contributed by atoms with Crippen LogP contribution < -0.4 is 0 Å². The number of hydrogen-bond donors (Lipinski definition) is 0. The van der Waals surface area contributed by atoms with Crippen LogP contribution in [0.15, 0.2) is 16.6 Å². The van der Waals surface area contributed by atoms with Gasteiger partial charge in [0.2, 0.25) is 0 Å². The van der Waals surface area contributed by atoms with Crippen LogP contribution in [0.1, 0.15) is 66.4 Å². The van der Waals surface area contributed by atoms with Crippen LogP contribution in [0.3, 0.4) is 0 Å². The first-order valence-corrected chi connectivity index (χ1v) is 8.17. The Kier molecular flexibility index (Phi) is 5.20. The maximum Gasteiger partial charge on any atom is 0.163 e. The molecule has 2 rings (SSSR count). The van der Waals surface area contributed by atoms with Gasteiger partial charge in [0.05, 0.1) is 0 Å². The van der Waals surface area contributed by atoms with E-state index in [9.17, 15) is 4.79 Å². The minimum atomic E-state index is 0.333. The Morgan fingerprint density at radius 1 is 1.11 bits per heavy atom. The molecule has 0 aromatic heterocycles. The summed E-state index contributed by atoms with van der Waals surface area (Å²) in [4.78, 5) is 12.5. The van der Waals surface area contributed by atoms with Crippen LogP contribution in [0.2, 0.25) is 0 Å². The van der Waals surface area contributed by atoms with Crippen LogP contribution in [-0.2, 0) is 0 Å². The Bertz CT molecular complexity index is 457. The second-order valence-electron chi connectivity index (χ2n) is 5.90. The van der Waals surface area contributed by atoms with E-state index in [-0.39, 0.29) is 0 Å². The molecule has 0 heterocycles. The van der Waals surface area contributed by atoms with Gasteiger partial charge in [-0.2, -0.15) is 0 Å². The zero-order valence-corrected chi connectivity index (χ0v) is 13.6. The van der Waals surface area contributed by atoms with Gasteiger partial charge in [0.15, 0.2) is 5.78 Å². The summed E-state index contributed by atoms with van der Waals surface area (Å²) < 4.78 is 1.09. The van der Waals surface area contributed by atoms with Gasteiger partial charge in [0, 0.05) is 16.5 Å². The topological polar surface area (TPSA) is 17.1 Å². The predicted octanol–water partition coefficient (Wildman–Crippen LogP) is 5.61. The Morgan fingerprint density at radius 2 is 1.74 bits per heavy atom. The van der Waals surface area contributed by atoms with Gasteiger partial charge in [-0.15, -0.1) is 0 Å². The van der Waals surface area contributed by atoms with Crippen molar-refractivity contribution in [2.75, 3.05) is 0 Å². The Hall–Kier alpha value is -0.630. The maximum absolute atomic E-state index is 12.5. The van der Waals surface area contributed by atoms with Gasteiger partial charge in [-0.3, -0.25) is 4.79 Å². The van der Waals surface area contributed by atoms with E-state index in [2.05, 4.69) is 22.0 Å². The molecule has 1 aromatic carbocycles. The third-order valence-corrected chi connectivity index (χ3v) is 5.11. The molecule has 0 amide bonds. The van der Waals surface area contributed by atoms with Crippen molar-refractivity contribution in [2.24, 2.45) is 5.92 Å². The maximum atomic E-state index is 12.5. The molecule has 0 bridgehead atoms. The zero-order chi connectivity index (χ0) is 13.8. The lowest BCUT2D eigenvalue weighted by atomic mass is 9.90. The molecule has 2 heteroatoms. The van der Waals surface area contributed by atoms with Gasteiger partial charge in [-0.05, 0) is 43.0 Å². The number of benzene rings is 1. The van der Waals surface area contributed by atoms with Crippen molar-refractivity contribution in [3.8, 4) is 0 Å². The van der Waals surface area contributed by atoms with Crippen LogP contribution in [0.4, 0.5) is 0 Å². The normalized spacial score (nSPS) is 17.2. The highest BCUT2D eigenvalue weighted by molar-refractivity contribution is 9.10. The van der Waals surface area contributed by atoms with E-state index in [1.807, 2.05) is 19.9 Å². The summed E-state index contributed by atoms with van der Waals surface area (Å²) in [5, 5.41) is 0. The average Bonchev–Trinajstić information content (AvgIpc) is 2.62. The summed E-state index contributed by atoms with van der Waals surface area (Å²) in [6, 6.07) is 4.11. The van der Waals surface area contributed by atoms with Gasteiger partial charge in [-0.1, -0.05) is 54.5 Å². The van der Waals surface area contributed by atoms with E-state index >= 15 is 0 Å². The quantitative estimate of drug-likeness (QED) is 0.522. The first kappa shape index (κ1) is 14.8. The monoisotopic (exact) mass is 322 g/mol. The van der Waals surface area contributed by atoms with E-state index < -0.39 is 0 Å². The molecule has 1 fully saturated rings. The fourth-order valence-corrected chi connectivity index (χ4v) is 3.48. The molecule has 1 aliphatic carbocycles. The highest BCUT2D eigenvalue weighted by Crippen LogP contribution is 2.28. The van der Waals surface area contributed by atoms with Crippen molar-refractivity contribution in [3.63, 3.8) is 0 Å². The number of aryl methyl sites for hydroxylation is 2. The number of Topliss-reactive ketones (excluding diaryl/α,β-unsaturated/α-hetero) is 1. The highest BCUT2D eigenvalue weighted by atomic mass is 79.9. The molecule has 0 N–H and O–H groups in total. The largest absolute Gasteiger partial charge is 0.294 e. The molecular weight excluding hydrogens is 300 g/mol. The van der Waals surface area contributed by atoms with Crippen molar-refractivity contribution in [1.29, 1.82) is 0 Å². The molecule has 1 aromatic rings. The third-order valence-electron chi connectivity index (χ3n) is 4.25. The lowest BCUT2D eigenvalue weighted by Gasteiger charge is -2.14. The summed E-state index contributed by atoms with van der Waals surface area (Å²) >= 11 is 3.53. The number of hydrogen-bond acceptors (Lipinski definition) is 1. The fourth-order valence-electron chi connectivity index (χ4n) is 3.02. The minimum absolute atomic E-state index is 0.333. The van der Waals surface area contributed by atoms with Crippen LogP contribution in [-0.4, -0.2) is 5.78 Å². The molecule has 1 nitrogen and oxygen atoms in total.